The highest BCUT2D eigenvalue weighted by Gasteiger charge is 2.16. The summed E-state index contributed by atoms with van der Waals surface area (Å²) in [5.74, 6) is -0.564. The SMILES string of the molecule is CCS(=O)(=O)c1ccc(CC(=O)Nc2ccc(-c3ccccc3F)c(-c3ccnn3C)c2)cc1. The topological polar surface area (TPSA) is 81.1 Å². The van der Waals surface area contributed by atoms with Crippen molar-refractivity contribution < 1.29 is 17.6 Å². The second kappa shape index (κ2) is 9.61. The predicted molar refractivity (Wildman–Crippen MR) is 131 cm³/mol. The Hall–Kier alpha value is -3.78. The van der Waals surface area contributed by atoms with Crippen LogP contribution in [0.3, 0.4) is 0 Å². The van der Waals surface area contributed by atoms with Gasteiger partial charge in [0.05, 0.1) is 22.8 Å². The molecular weight excluding hydrogens is 453 g/mol. The minimum atomic E-state index is -3.29. The maximum absolute atomic E-state index is 14.5. The van der Waals surface area contributed by atoms with Gasteiger partial charge in [-0.2, -0.15) is 5.10 Å². The molecule has 34 heavy (non-hydrogen) atoms. The summed E-state index contributed by atoms with van der Waals surface area (Å²) in [7, 11) is -1.49. The highest BCUT2D eigenvalue weighted by Crippen LogP contribution is 2.35. The zero-order valence-electron chi connectivity index (χ0n) is 18.8. The number of aryl methyl sites for hydroxylation is 1. The Labute approximate surface area is 198 Å². The Bertz CT molecular complexity index is 1440. The van der Waals surface area contributed by atoms with Gasteiger partial charge < -0.3 is 5.32 Å². The quantitative estimate of drug-likeness (QED) is 0.412. The van der Waals surface area contributed by atoms with Crippen LogP contribution in [-0.4, -0.2) is 29.9 Å². The van der Waals surface area contributed by atoms with Crippen molar-refractivity contribution in [1.29, 1.82) is 0 Å². The number of nitrogens with zero attached hydrogens (tertiary/aromatic N) is 2. The lowest BCUT2D eigenvalue weighted by Gasteiger charge is -2.14. The van der Waals surface area contributed by atoms with Crippen molar-refractivity contribution in [1.82, 2.24) is 9.78 Å². The molecule has 4 aromatic rings. The molecule has 4 rings (SSSR count). The maximum Gasteiger partial charge on any atom is 0.228 e. The first-order valence-corrected chi connectivity index (χ1v) is 12.4. The number of hydrogen-bond acceptors (Lipinski definition) is 4. The van der Waals surface area contributed by atoms with Crippen LogP contribution in [0.1, 0.15) is 12.5 Å². The number of hydrogen-bond donors (Lipinski definition) is 1. The first-order valence-electron chi connectivity index (χ1n) is 10.8. The summed E-state index contributed by atoms with van der Waals surface area (Å²) in [6.07, 6.45) is 1.75. The summed E-state index contributed by atoms with van der Waals surface area (Å²) in [4.78, 5) is 12.9. The molecule has 0 bridgehead atoms. The van der Waals surface area contributed by atoms with E-state index in [0.717, 1.165) is 11.3 Å². The molecule has 3 aromatic carbocycles. The van der Waals surface area contributed by atoms with E-state index in [4.69, 9.17) is 0 Å². The van der Waals surface area contributed by atoms with E-state index in [-0.39, 0.29) is 28.8 Å². The first-order chi connectivity index (χ1) is 16.3. The molecule has 0 aliphatic heterocycles. The number of carbonyl (C=O) groups excluding carboxylic acids is 1. The van der Waals surface area contributed by atoms with Gasteiger partial charge in [-0.15, -0.1) is 0 Å². The fourth-order valence-corrected chi connectivity index (χ4v) is 4.64. The Morgan fingerprint density at radius 2 is 1.71 bits per heavy atom. The Balaban J connectivity index is 1.60. The summed E-state index contributed by atoms with van der Waals surface area (Å²) < 4.78 is 40.2. The van der Waals surface area contributed by atoms with Crippen molar-refractivity contribution in [2.45, 2.75) is 18.2 Å². The Morgan fingerprint density at radius 3 is 2.35 bits per heavy atom. The number of anilines is 1. The van der Waals surface area contributed by atoms with Crippen LogP contribution < -0.4 is 5.32 Å². The third kappa shape index (κ3) is 4.92. The molecule has 0 radical (unpaired) electrons. The third-order valence-electron chi connectivity index (χ3n) is 5.59. The third-order valence-corrected chi connectivity index (χ3v) is 7.34. The van der Waals surface area contributed by atoms with Gasteiger partial charge >= 0.3 is 0 Å². The van der Waals surface area contributed by atoms with Gasteiger partial charge in [-0.25, -0.2) is 12.8 Å². The fourth-order valence-electron chi connectivity index (χ4n) is 3.76. The van der Waals surface area contributed by atoms with E-state index in [1.54, 1.807) is 73.4 Å². The number of rotatable bonds is 7. The van der Waals surface area contributed by atoms with Crippen molar-refractivity contribution in [3.05, 3.63) is 90.4 Å². The number of nitrogens with one attached hydrogen (secondary N) is 1. The van der Waals surface area contributed by atoms with E-state index in [1.165, 1.54) is 18.2 Å². The van der Waals surface area contributed by atoms with Crippen molar-refractivity contribution in [3.63, 3.8) is 0 Å². The number of halogens is 1. The lowest BCUT2D eigenvalue weighted by molar-refractivity contribution is -0.115. The summed E-state index contributed by atoms with van der Waals surface area (Å²) in [6, 6.07) is 20.0. The average Bonchev–Trinajstić information content (AvgIpc) is 3.25. The monoisotopic (exact) mass is 477 g/mol. The zero-order valence-corrected chi connectivity index (χ0v) is 19.6. The molecule has 0 unspecified atom stereocenters. The Kier molecular flexibility index (Phi) is 6.61. The van der Waals surface area contributed by atoms with E-state index in [9.17, 15) is 17.6 Å². The van der Waals surface area contributed by atoms with Gasteiger partial charge in [-0.3, -0.25) is 9.48 Å². The van der Waals surface area contributed by atoms with Gasteiger partial charge in [0.1, 0.15) is 5.82 Å². The number of aromatic nitrogens is 2. The highest BCUT2D eigenvalue weighted by atomic mass is 32.2. The lowest BCUT2D eigenvalue weighted by atomic mass is 9.96. The Morgan fingerprint density at radius 1 is 0.971 bits per heavy atom. The standard InChI is InChI=1S/C26H24FN3O3S/c1-3-34(32,33)20-11-8-18(9-12-20)16-26(31)29-19-10-13-21(22-6-4-5-7-24(22)27)23(17-19)25-14-15-28-30(25)2/h4-15,17H,3,16H2,1-2H3,(H,29,31). The summed E-state index contributed by atoms with van der Waals surface area (Å²) in [5, 5.41) is 7.10. The van der Waals surface area contributed by atoms with Crippen LogP contribution in [0, 0.1) is 5.82 Å². The van der Waals surface area contributed by atoms with E-state index in [1.807, 2.05) is 6.07 Å². The van der Waals surface area contributed by atoms with Crippen molar-refractivity contribution >= 4 is 21.4 Å². The maximum atomic E-state index is 14.5. The second-order valence-electron chi connectivity index (χ2n) is 7.85. The smallest absolute Gasteiger partial charge is 0.228 e. The fraction of sp³-hybridized carbons (Fsp3) is 0.154. The minimum absolute atomic E-state index is 0.0225. The average molecular weight is 478 g/mol. The molecule has 6 nitrogen and oxygen atoms in total. The van der Waals surface area contributed by atoms with Crippen LogP contribution in [0.2, 0.25) is 0 Å². The summed E-state index contributed by atoms with van der Waals surface area (Å²) in [6.45, 7) is 1.59. The molecule has 0 aliphatic rings. The molecule has 1 aromatic heterocycles. The molecule has 1 amide bonds. The van der Waals surface area contributed by atoms with Crippen LogP contribution in [0.4, 0.5) is 10.1 Å². The number of benzene rings is 3. The van der Waals surface area contributed by atoms with Gasteiger partial charge in [0.25, 0.3) is 0 Å². The molecule has 0 atom stereocenters. The van der Waals surface area contributed by atoms with E-state index in [2.05, 4.69) is 10.4 Å². The van der Waals surface area contributed by atoms with Crippen LogP contribution in [0.5, 0.6) is 0 Å². The minimum Gasteiger partial charge on any atom is -0.326 e. The predicted octanol–water partition coefficient (Wildman–Crippen LogP) is 4.87. The lowest BCUT2D eigenvalue weighted by Crippen LogP contribution is -2.14. The highest BCUT2D eigenvalue weighted by molar-refractivity contribution is 7.91. The van der Waals surface area contributed by atoms with Gasteiger partial charge in [-0.05, 0) is 47.5 Å². The molecule has 0 saturated heterocycles. The zero-order chi connectivity index (χ0) is 24.3. The van der Waals surface area contributed by atoms with Gasteiger partial charge in [-0.1, -0.05) is 43.3 Å². The number of amides is 1. The second-order valence-corrected chi connectivity index (χ2v) is 10.1. The van der Waals surface area contributed by atoms with Gasteiger partial charge in [0, 0.05) is 30.1 Å². The molecule has 0 saturated carbocycles. The van der Waals surface area contributed by atoms with E-state index >= 15 is 0 Å². The summed E-state index contributed by atoms with van der Waals surface area (Å²) >= 11 is 0. The molecule has 8 heteroatoms. The molecule has 0 fully saturated rings. The summed E-state index contributed by atoms with van der Waals surface area (Å²) in [5.41, 5.74) is 3.92. The van der Waals surface area contributed by atoms with Crippen LogP contribution in [-0.2, 0) is 28.1 Å². The normalized spacial score (nSPS) is 11.4. The van der Waals surface area contributed by atoms with Crippen LogP contribution in [0.25, 0.3) is 22.4 Å². The van der Waals surface area contributed by atoms with Gasteiger partial charge in [0.15, 0.2) is 9.84 Å². The molecule has 0 spiro atoms. The van der Waals surface area contributed by atoms with Crippen LogP contribution >= 0.6 is 0 Å². The van der Waals surface area contributed by atoms with E-state index < -0.39 is 9.84 Å². The van der Waals surface area contributed by atoms with Crippen molar-refractivity contribution in [2.24, 2.45) is 7.05 Å². The van der Waals surface area contributed by atoms with Crippen molar-refractivity contribution in [3.8, 4) is 22.4 Å². The van der Waals surface area contributed by atoms with Crippen LogP contribution in [0.15, 0.2) is 83.9 Å². The van der Waals surface area contributed by atoms with E-state index in [0.29, 0.717) is 22.4 Å². The molecular formula is C26H24FN3O3S. The van der Waals surface area contributed by atoms with Gasteiger partial charge in [0.2, 0.25) is 5.91 Å². The number of sulfone groups is 1. The molecule has 174 valence electrons. The molecule has 1 heterocycles. The molecule has 1 N–H and O–H groups in total. The number of carbonyl (C=O) groups is 1. The molecule has 0 aliphatic carbocycles. The first kappa shape index (κ1) is 23.4. The largest absolute Gasteiger partial charge is 0.326 e. The van der Waals surface area contributed by atoms with Crippen molar-refractivity contribution in [2.75, 3.05) is 11.1 Å².